The van der Waals surface area contributed by atoms with Crippen molar-refractivity contribution in [3.05, 3.63) is 0 Å². The van der Waals surface area contributed by atoms with Gasteiger partial charge >= 0.3 is 5.97 Å². The van der Waals surface area contributed by atoms with Gasteiger partial charge in [0.1, 0.15) is 6.04 Å². The molecule has 2 saturated heterocycles. The minimum Gasteiger partial charge on any atom is -0.468 e. The highest BCUT2D eigenvalue weighted by molar-refractivity contribution is 5.80. The summed E-state index contributed by atoms with van der Waals surface area (Å²) in [6, 6.07) is 0.0537. The van der Waals surface area contributed by atoms with Crippen LogP contribution in [0.2, 0.25) is 0 Å². The highest BCUT2D eigenvalue weighted by Gasteiger charge is 2.41. The number of hydrogen-bond donors (Lipinski definition) is 1. The Labute approximate surface area is 82.4 Å². The molecular formula is C9H14N2O3. The van der Waals surface area contributed by atoms with Gasteiger partial charge in [-0.05, 0) is 6.42 Å². The van der Waals surface area contributed by atoms with E-state index in [4.69, 9.17) is 0 Å². The molecule has 2 aliphatic rings. The molecule has 1 N–H and O–H groups in total. The largest absolute Gasteiger partial charge is 0.468 e. The standard InChI is InChI=1S/C9H14N2O3/c1-14-9(13)7-2-3-11(7)6-4-8(12)10-5-6/h6-7H,2-5H2,1H3,(H,10,12). The summed E-state index contributed by atoms with van der Waals surface area (Å²) in [5.41, 5.74) is 0. The Bertz CT molecular complexity index is 267. The molecule has 5 nitrogen and oxygen atoms in total. The number of amides is 1. The lowest BCUT2D eigenvalue weighted by atomic mass is 9.99. The van der Waals surface area contributed by atoms with Crippen LogP contribution in [0.15, 0.2) is 0 Å². The van der Waals surface area contributed by atoms with Crippen molar-refractivity contribution in [1.82, 2.24) is 10.2 Å². The first-order chi connectivity index (χ1) is 6.72. The molecule has 78 valence electrons. The summed E-state index contributed by atoms with van der Waals surface area (Å²) in [7, 11) is 1.40. The van der Waals surface area contributed by atoms with Gasteiger partial charge in [0.25, 0.3) is 0 Å². The molecular weight excluding hydrogens is 184 g/mol. The van der Waals surface area contributed by atoms with E-state index in [0.29, 0.717) is 13.0 Å². The maximum atomic E-state index is 11.3. The van der Waals surface area contributed by atoms with E-state index < -0.39 is 0 Å². The third-order valence-electron chi connectivity index (χ3n) is 2.96. The number of ether oxygens (including phenoxy) is 1. The second-order valence-electron chi connectivity index (χ2n) is 3.73. The van der Waals surface area contributed by atoms with Gasteiger partial charge < -0.3 is 10.1 Å². The lowest BCUT2D eigenvalue weighted by molar-refractivity contribution is -0.153. The third kappa shape index (κ3) is 1.48. The first-order valence-electron chi connectivity index (χ1n) is 4.82. The molecule has 2 aliphatic heterocycles. The van der Waals surface area contributed by atoms with Crippen LogP contribution in [0.3, 0.4) is 0 Å². The Balaban J connectivity index is 1.93. The lowest BCUT2D eigenvalue weighted by Gasteiger charge is -2.42. The van der Waals surface area contributed by atoms with Crippen molar-refractivity contribution in [1.29, 1.82) is 0 Å². The SMILES string of the molecule is COC(=O)C1CCN1C1CNC(=O)C1. The topological polar surface area (TPSA) is 58.6 Å². The summed E-state index contributed by atoms with van der Waals surface area (Å²) < 4.78 is 4.68. The van der Waals surface area contributed by atoms with E-state index in [1.165, 1.54) is 7.11 Å². The van der Waals surface area contributed by atoms with Crippen molar-refractivity contribution in [3.8, 4) is 0 Å². The van der Waals surface area contributed by atoms with Crippen LogP contribution in [-0.4, -0.2) is 49.1 Å². The number of likely N-dealkylation sites (tertiary alicyclic amines) is 1. The zero-order valence-corrected chi connectivity index (χ0v) is 8.16. The van der Waals surface area contributed by atoms with Crippen molar-refractivity contribution in [2.75, 3.05) is 20.2 Å². The quantitative estimate of drug-likeness (QED) is 0.585. The Hall–Kier alpha value is -1.10. The zero-order chi connectivity index (χ0) is 10.1. The van der Waals surface area contributed by atoms with Gasteiger partial charge in [-0.25, -0.2) is 0 Å². The number of carbonyl (C=O) groups is 2. The summed E-state index contributed by atoms with van der Waals surface area (Å²) in [5.74, 6) is -0.110. The van der Waals surface area contributed by atoms with Gasteiger partial charge in [0.2, 0.25) is 5.91 Å². The van der Waals surface area contributed by atoms with Gasteiger partial charge in [-0.3, -0.25) is 14.5 Å². The number of nitrogens with zero attached hydrogens (tertiary/aromatic N) is 1. The Morgan fingerprint density at radius 1 is 1.64 bits per heavy atom. The van der Waals surface area contributed by atoms with E-state index in [9.17, 15) is 9.59 Å². The summed E-state index contributed by atoms with van der Waals surface area (Å²) in [5, 5.41) is 2.76. The molecule has 0 aromatic heterocycles. The van der Waals surface area contributed by atoms with E-state index >= 15 is 0 Å². The van der Waals surface area contributed by atoms with Crippen molar-refractivity contribution in [2.45, 2.75) is 24.9 Å². The Kier molecular flexibility index (Phi) is 2.41. The van der Waals surface area contributed by atoms with Crippen LogP contribution in [0.25, 0.3) is 0 Å². The predicted octanol–water partition coefficient (Wildman–Crippen LogP) is -0.878. The molecule has 0 bridgehead atoms. The average molecular weight is 198 g/mol. The van der Waals surface area contributed by atoms with Gasteiger partial charge in [-0.2, -0.15) is 0 Å². The second kappa shape index (κ2) is 3.57. The van der Waals surface area contributed by atoms with E-state index in [1.54, 1.807) is 0 Å². The number of methoxy groups -OCH3 is 1. The van der Waals surface area contributed by atoms with Crippen LogP contribution in [0.1, 0.15) is 12.8 Å². The minimum absolute atomic E-state index is 0.0746. The van der Waals surface area contributed by atoms with Crippen molar-refractivity contribution in [3.63, 3.8) is 0 Å². The van der Waals surface area contributed by atoms with Crippen molar-refractivity contribution in [2.24, 2.45) is 0 Å². The summed E-state index contributed by atoms with van der Waals surface area (Å²) in [4.78, 5) is 24.3. The fraction of sp³-hybridized carbons (Fsp3) is 0.778. The van der Waals surface area contributed by atoms with Gasteiger partial charge in [0, 0.05) is 25.6 Å². The first kappa shape index (κ1) is 9.45. The van der Waals surface area contributed by atoms with Crippen molar-refractivity contribution < 1.29 is 14.3 Å². The number of esters is 1. The van der Waals surface area contributed by atoms with Crippen LogP contribution in [0.4, 0.5) is 0 Å². The lowest BCUT2D eigenvalue weighted by Crippen LogP contribution is -2.57. The predicted molar refractivity (Wildman–Crippen MR) is 48.5 cm³/mol. The van der Waals surface area contributed by atoms with E-state index in [1.807, 2.05) is 4.90 Å². The summed E-state index contributed by atoms with van der Waals surface area (Å²) in [6.07, 6.45) is 1.35. The summed E-state index contributed by atoms with van der Waals surface area (Å²) in [6.45, 7) is 1.55. The van der Waals surface area contributed by atoms with Gasteiger partial charge in [-0.1, -0.05) is 0 Å². The maximum absolute atomic E-state index is 11.3. The van der Waals surface area contributed by atoms with Crippen LogP contribution in [-0.2, 0) is 14.3 Å². The highest BCUT2D eigenvalue weighted by Crippen LogP contribution is 2.24. The van der Waals surface area contributed by atoms with Gasteiger partial charge in [0.05, 0.1) is 7.11 Å². The number of carbonyl (C=O) groups excluding carboxylic acids is 2. The van der Waals surface area contributed by atoms with E-state index in [2.05, 4.69) is 10.1 Å². The molecule has 0 saturated carbocycles. The second-order valence-corrected chi connectivity index (χ2v) is 3.73. The van der Waals surface area contributed by atoms with E-state index in [0.717, 1.165) is 13.0 Å². The number of rotatable bonds is 2. The van der Waals surface area contributed by atoms with Gasteiger partial charge in [-0.15, -0.1) is 0 Å². The minimum atomic E-state index is -0.185. The first-order valence-corrected chi connectivity index (χ1v) is 4.82. The molecule has 0 aromatic carbocycles. The number of hydrogen-bond acceptors (Lipinski definition) is 4. The van der Waals surface area contributed by atoms with Crippen LogP contribution in [0.5, 0.6) is 0 Å². The molecule has 14 heavy (non-hydrogen) atoms. The molecule has 2 heterocycles. The Morgan fingerprint density at radius 2 is 2.43 bits per heavy atom. The number of nitrogens with one attached hydrogen (secondary N) is 1. The molecule has 0 aliphatic carbocycles. The van der Waals surface area contributed by atoms with Crippen LogP contribution in [0, 0.1) is 0 Å². The molecule has 2 fully saturated rings. The van der Waals surface area contributed by atoms with Crippen molar-refractivity contribution >= 4 is 11.9 Å². The molecule has 2 unspecified atom stereocenters. The van der Waals surface area contributed by atoms with Crippen LogP contribution < -0.4 is 5.32 Å². The average Bonchev–Trinajstić information content (AvgIpc) is 2.49. The molecule has 2 rings (SSSR count). The fourth-order valence-corrected chi connectivity index (χ4v) is 2.06. The molecule has 0 spiro atoms. The fourth-order valence-electron chi connectivity index (χ4n) is 2.06. The zero-order valence-electron chi connectivity index (χ0n) is 8.16. The van der Waals surface area contributed by atoms with E-state index in [-0.39, 0.29) is 24.0 Å². The maximum Gasteiger partial charge on any atom is 0.323 e. The molecule has 5 heteroatoms. The third-order valence-corrected chi connectivity index (χ3v) is 2.96. The summed E-state index contributed by atoms with van der Waals surface area (Å²) >= 11 is 0. The highest BCUT2D eigenvalue weighted by atomic mass is 16.5. The van der Waals surface area contributed by atoms with Gasteiger partial charge in [0.15, 0.2) is 0 Å². The van der Waals surface area contributed by atoms with Crippen LogP contribution >= 0.6 is 0 Å². The smallest absolute Gasteiger partial charge is 0.323 e. The molecule has 0 radical (unpaired) electrons. The molecule has 1 amide bonds. The molecule has 2 atom stereocenters. The normalized spacial score (nSPS) is 32.2. The Morgan fingerprint density at radius 3 is 2.86 bits per heavy atom. The molecule has 0 aromatic rings. The monoisotopic (exact) mass is 198 g/mol.